The van der Waals surface area contributed by atoms with Crippen molar-refractivity contribution in [3.8, 4) is 11.5 Å². The molecule has 1 heterocycles. The highest BCUT2D eigenvalue weighted by Gasteiger charge is 2.28. The summed E-state index contributed by atoms with van der Waals surface area (Å²) in [5.41, 5.74) is 4.70. The van der Waals surface area contributed by atoms with Gasteiger partial charge in [0.25, 0.3) is 5.56 Å². The summed E-state index contributed by atoms with van der Waals surface area (Å²) in [6.07, 6.45) is 0. The number of aromatic nitrogens is 2. The minimum atomic E-state index is -0.845. The summed E-state index contributed by atoms with van der Waals surface area (Å²) in [7, 11) is 4.23. The van der Waals surface area contributed by atoms with Crippen molar-refractivity contribution in [1.82, 2.24) is 14.0 Å². The number of rotatable bonds is 10. The van der Waals surface area contributed by atoms with Crippen LogP contribution in [0.15, 0.2) is 27.8 Å². The highest BCUT2D eigenvalue weighted by atomic mass is 16.5. The van der Waals surface area contributed by atoms with Crippen LogP contribution in [0.25, 0.3) is 0 Å². The summed E-state index contributed by atoms with van der Waals surface area (Å²) in [5, 5.41) is 2.76. The molecule has 0 aliphatic heterocycles. The molecule has 3 N–H and O–H groups in total. The van der Waals surface area contributed by atoms with Gasteiger partial charge in [-0.15, -0.1) is 0 Å². The highest BCUT2D eigenvalue weighted by Crippen LogP contribution is 2.30. The molecule has 0 saturated heterocycles. The van der Waals surface area contributed by atoms with Crippen LogP contribution in [0.3, 0.4) is 0 Å². The monoisotopic (exact) mass is 461 g/mol. The summed E-state index contributed by atoms with van der Waals surface area (Å²) >= 11 is 0. The number of hydrogen-bond acceptors (Lipinski definition) is 8. The third kappa shape index (κ3) is 5.61. The van der Waals surface area contributed by atoms with Gasteiger partial charge in [0.2, 0.25) is 5.91 Å². The molecule has 0 saturated carbocycles. The van der Waals surface area contributed by atoms with Crippen molar-refractivity contribution < 1.29 is 19.1 Å². The lowest BCUT2D eigenvalue weighted by atomic mass is 10.1. The number of nitrogens with one attached hydrogen (secondary N) is 1. The van der Waals surface area contributed by atoms with Crippen LogP contribution in [0.1, 0.15) is 31.1 Å². The second-order valence-electron chi connectivity index (χ2n) is 7.50. The van der Waals surface area contributed by atoms with E-state index in [4.69, 9.17) is 15.2 Å². The lowest BCUT2D eigenvalue weighted by Crippen LogP contribution is -2.46. The number of amides is 1. The average Bonchev–Trinajstić information content (AvgIpc) is 2.77. The Morgan fingerprint density at radius 3 is 2.30 bits per heavy atom. The SMILES string of the molecule is CCOc1ccc(NC(=O)CN(C)C(C)C(=O)c2c(N)n(C)c(=O)n(C)c2=O)cc1OCC. The van der Waals surface area contributed by atoms with E-state index < -0.39 is 23.1 Å². The molecule has 33 heavy (non-hydrogen) atoms. The molecule has 0 spiro atoms. The minimum absolute atomic E-state index is 0.129. The van der Waals surface area contributed by atoms with Crippen molar-refractivity contribution in [2.24, 2.45) is 14.1 Å². The molecule has 1 aromatic carbocycles. The van der Waals surface area contributed by atoms with Gasteiger partial charge in [-0.3, -0.25) is 28.4 Å². The third-order valence-corrected chi connectivity index (χ3v) is 5.22. The number of nitrogens with zero attached hydrogens (tertiary/aromatic N) is 3. The van der Waals surface area contributed by atoms with E-state index >= 15 is 0 Å². The Morgan fingerprint density at radius 1 is 1.09 bits per heavy atom. The predicted octanol–water partition coefficient (Wildman–Crippen LogP) is 0.605. The summed E-state index contributed by atoms with van der Waals surface area (Å²) in [6, 6.07) is 4.21. The summed E-state index contributed by atoms with van der Waals surface area (Å²) in [5.74, 6) is -0.0837. The van der Waals surface area contributed by atoms with Gasteiger partial charge in [-0.2, -0.15) is 0 Å². The van der Waals surface area contributed by atoms with Gasteiger partial charge in [0.15, 0.2) is 17.3 Å². The van der Waals surface area contributed by atoms with Crippen LogP contribution in [-0.2, 0) is 18.9 Å². The molecule has 0 aliphatic carbocycles. The number of carbonyl (C=O) groups excluding carboxylic acids is 2. The predicted molar refractivity (Wildman–Crippen MR) is 125 cm³/mol. The molecule has 0 bridgehead atoms. The average molecular weight is 462 g/mol. The normalized spacial score (nSPS) is 11.8. The zero-order valence-corrected chi connectivity index (χ0v) is 19.8. The van der Waals surface area contributed by atoms with Gasteiger partial charge >= 0.3 is 5.69 Å². The van der Waals surface area contributed by atoms with Crippen molar-refractivity contribution in [3.05, 3.63) is 44.6 Å². The number of nitrogens with two attached hydrogens (primary N) is 1. The minimum Gasteiger partial charge on any atom is -0.490 e. The van der Waals surface area contributed by atoms with E-state index in [1.54, 1.807) is 32.2 Å². The first-order valence-electron chi connectivity index (χ1n) is 10.5. The van der Waals surface area contributed by atoms with E-state index in [9.17, 15) is 19.2 Å². The van der Waals surface area contributed by atoms with Gasteiger partial charge in [-0.05, 0) is 40.0 Å². The standard InChI is InChI=1S/C22H31N5O6/c1-7-32-15-10-9-14(11-16(15)33-8-2)24-17(28)12-25(4)13(3)19(29)18-20(23)26(5)22(31)27(6)21(18)30/h9-11,13H,7-8,12,23H2,1-6H3,(H,24,28). The molecule has 0 radical (unpaired) electrons. The van der Waals surface area contributed by atoms with E-state index in [1.165, 1.54) is 19.0 Å². The largest absolute Gasteiger partial charge is 0.490 e. The van der Waals surface area contributed by atoms with Crippen molar-refractivity contribution >= 4 is 23.2 Å². The van der Waals surface area contributed by atoms with Crippen molar-refractivity contribution in [2.45, 2.75) is 26.8 Å². The molecule has 0 fully saturated rings. The molecule has 0 aliphatic rings. The molecule has 11 heteroatoms. The van der Waals surface area contributed by atoms with Gasteiger partial charge in [0.05, 0.1) is 25.8 Å². The van der Waals surface area contributed by atoms with Crippen LogP contribution in [0.2, 0.25) is 0 Å². The Kier molecular flexibility index (Phi) is 8.41. The van der Waals surface area contributed by atoms with Crippen molar-refractivity contribution in [1.29, 1.82) is 0 Å². The number of hydrogen-bond donors (Lipinski definition) is 2. The van der Waals surface area contributed by atoms with Crippen LogP contribution in [0, 0.1) is 0 Å². The van der Waals surface area contributed by atoms with Crippen molar-refractivity contribution in [3.63, 3.8) is 0 Å². The fourth-order valence-corrected chi connectivity index (χ4v) is 3.19. The number of benzene rings is 1. The fraction of sp³-hybridized carbons (Fsp3) is 0.455. The molecule has 2 rings (SSSR count). The first kappa shape index (κ1) is 25.7. The maximum Gasteiger partial charge on any atom is 0.332 e. The molecule has 2 aromatic rings. The number of Topliss-reactive ketones (excluding diaryl/α,β-unsaturated/α-hetero) is 1. The van der Waals surface area contributed by atoms with E-state index in [2.05, 4.69) is 5.32 Å². The van der Waals surface area contributed by atoms with E-state index in [1.807, 2.05) is 13.8 Å². The van der Waals surface area contributed by atoms with Gasteiger partial charge in [-0.25, -0.2) is 4.79 Å². The molecule has 1 aromatic heterocycles. The smallest absolute Gasteiger partial charge is 0.332 e. The molecular formula is C22H31N5O6. The highest BCUT2D eigenvalue weighted by molar-refractivity contribution is 6.03. The molecule has 11 nitrogen and oxygen atoms in total. The van der Waals surface area contributed by atoms with Crippen LogP contribution in [-0.4, -0.2) is 58.6 Å². The topological polar surface area (TPSA) is 138 Å². The number of ether oxygens (including phenoxy) is 2. The molecule has 1 unspecified atom stereocenters. The van der Waals surface area contributed by atoms with E-state index in [0.29, 0.717) is 30.4 Å². The number of carbonyl (C=O) groups is 2. The summed E-state index contributed by atoms with van der Waals surface area (Å²) in [6.45, 7) is 6.06. The number of likely N-dealkylation sites (N-methyl/N-ethyl adjacent to an activating group) is 1. The quantitative estimate of drug-likeness (QED) is 0.491. The van der Waals surface area contributed by atoms with Crippen LogP contribution < -0.4 is 31.8 Å². The Hall–Kier alpha value is -3.60. The van der Waals surface area contributed by atoms with Crippen molar-refractivity contribution in [2.75, 3.05) is 37.9 Å². The fourth-order valence-electron chi connectivity index (χ4n) is 3.19. The molecule has 180 valence electrons. The van der Waals surface area contributed by atoms with Gasteiger partial charge < -0.3 is 20.5 Å². The molecule has 1 atom stereocenters. The number of anilines is 2. The first-order chi connectivity index (χ1) is 15.5. The van der Waals surface area contributed by atoms with Gasteiger partial charge in [0.1, 0.15) is 11.4 Å². The van der Waals surface area contributed by atoms with Gasteiger partial charge in [0, 0.05) is 25.8 Å². The van der Waals surface area contributed by atoms with E-state index in [0.717, 1.165) is 9.13 Å². The summed E-state index contributed by atoms with van der Waals surface area (Å²) < 4.78 is 12.9. The van der Waals surface area contributed by atoms with E-state index in [-0.39, 0.29) is 23.8 Å². The Balaban J connectivity index is 2.16. The Bertz CT molecular complexity index is 1150. The van der Waals surface area contributed by atoms with Crippen LogP contribution in [0.5, 0.6) is 11.5 Å². The Morgan fingerprint density at radius 2 is 1.70 bits per heavy atom. The lowest BCUT2D eigenvalue weighted by molar-refractivity contribution is -0.117. The van der Waals surface area contributed by atoms with Crippen LogP contribution >= 0.6 is 0 Å². The second kappa shape index (κ2) is 10.8. The lowest BCUT2D eigenvalue weighted by Gasteiger charge is -2.23. The molecule has 1 amide bonds. The maximum atomic E-state index is 13.0. The third-order valence-electron chi connectivity index (χ3n) is 5.22. The maximum absolute atomic E-state index is 13.0. The van der Waals surface area contributed by atoms with Crippen LogP contribution in [0.4, 0.5) is 11.5 Å². The first-order valence-corrected chi connectivity index (χ1v) is 10.5. The zero-order valence-electron chi connectivity index (χ0n) is 19.8. The molecular weight excluding hydrogens is 430 g/mol. The number of nitrogen functional groups attached to an aromatic ring is 1. The second-order valence-corrected chi connectivity index (χ2v) is 7.50. The van der Waals surface area contributed by atoms with Gasteiger partial charge in [-0.1, -0.05) is 0 Å². The zero-order chi connectivity index (χ0) is 24.9. The number of ketones is 1. The Labute approximate surface area is 191 Å². The summed E-state index contributed by atoms with van der Waals surface area (Å²) in [4.78, 5) is 51.5.